The Morgan fingerprint density at radius 1 is 0.500 bits per heavy atom. The smallest absolute Gasteiger partial charge is 0.0619 e. The van der Waals surface area contributed by atoms with Crippen molar-refractivity contribution in [2.45, 2.75) is 37.5 Å². The van der Waals surface area contributed by atoms with E-state index in [1.54, 1.807) is 11.1 Å². The minimum Gasteiger partial charge on any atom is -0.309 e. The van der Waals surface area contributed by atoms with E-state index in [2.05, 4.69) is 132 Å². The molecule has 6 aromatic carbocycles. The van der Waals surface area contributed by atoms with Gasteiger partial charge >= 0.3 is 0 Å². The number of fused-ring (bicyclic) bond motifs is 9. The molecule has 1 nitrogen and oxygen atoms in total. The van der Waals surface area contributed by atoms with Crippen molar-refractivity contribution < 1.29 is 0 Å². The standard InChI is InChI=1S/C46H35NS/c1-4-15-39-32(9-1)33-20-19-31(26-40(33)46(39)29-22-27-21-28(24-29)25-30(46)23-27)47-41-16-5-2-10-34(41)36-13-7-14-37(45(36)47)35-12-8-18-43-44(35)38-11-3-6-17-42(38)48-43/h1-20,26-30H,21-25H2. The quantitative estimate of drug-likeness (QED) is 0.178. The molecular formula is C46H35NS. The summed E-state index contributed by atoms with van der Waals surface area (Å²) in [5.41, 5.74) is 12.9. The predicted octanol–water partition coefficient (Wildman–Crippen LogP) is 12.5. The third-order valence-electron chi connectivity index (χ3n) is 13.2. The van der Waals surface area contributed by atoms with Crippen LogP contribution in [0.2, 0.25) is 0 Å². The van der Waals surface area contributed by atoms with Crippen molar-refractivity contribution in [2.24, 2.45) is 23.7 Å². The third-order valence-corrected chi connectivity index (χ3v) is 14.3. The van der Waals surface area contributed by atoms with E-state index >= 15 is 0 Å². The van der Waals surface area contributed by atoms with Gasteiger partial charge in [-0.2, -0.15) is 0 Å². The van der Waals surface area contributed by atoms with Crippen LogP contribution in [0.1, 0.15) is 43.2 Å². The maximum atomic E-state index is 2.65. The minimum atomic E-state index is 0.151. The van der Waals surface area contributed by atoms with Crippen LogP contribution in [0.25, 0.3) is 69.9 Å². The number of thiophene rings is 1. The largest absolute Gasteiger partial charge is 0.309 e. The first-order chi connectivity index (χ1) is 23.8. The molecule has 8 aromatic rings. The average Bonchev–Trinajstić information content (AvgIpc) is 3.77. The van der Waals surface area contributed by atoms with Gasteiger partial charge in [-0.15, -0.1) is 11.3 Å². The topological polar surface area (TPSA) is 4.93 Å². The van der Waals surface area contributed by atoms with Gasteiger partial charge in [-0.25, -0.2) is 0 Å². The summed E-state index contributed by atoms with van der Waals surface area (Å²) in [7, 11) is 0. The van der Waals surface area contributed by atoms with Crippen molar-refractivity contribution in [3.63, 3.8) is 0 Å². The van der Waals surface area contributed by atoms with Crippen molar-refractivity contribution >= 4 is 53.3 Å². The zero-order chi connectivity index (χ0) is 31.1. The Morgan fingerprint density at radius 3 is 2.02 bits per heavy atom. The molecule has 4 fully saturated rings. The van der Waals surface area contributed by atoms with Gasteiger partial charge in [0, 0.05) is 47.6 Å². The van der Waals surface area contributed by atoms with Crippen molar-refractivity contribution in [2.75, 3.05) is 0 Å². The van der Waals surface area contributed by atoms with Crippen LogP contribution in [0.4, 0.5) is 0 Å². The molecule has 48 heavy (non-hydrogen) atoms. The first-order valence-electron chi connectivity index (χ1n) is 17.9. The summed E-state index contributed by atoms with van der Waals surface area (Å²) < 4.78 is 5.32. The molecule has 0 atom stereocenters. The van der Waals surface area contributed by atoms with Gasteiger partial charge in [0.15, 0.2) is 0 Å². The molecule has 4 bridgehead atoms. The van der Waals surface area contributed by atoms with Crippen LogP contribution in [0, 0.1) is 23.7 Å². The number of rotatable bonds is 2. The first kappa shape index (κ1) is 26.3. The van der Waals surface area contributed by atoms with Crippen LogP contribution in [0.5, 0.6) is 0 Å². The molecule has 0 N–H and O–H groups in total. The number of para-hydroxylation sites is 2. The highest BCUT2D eigenvalue weighted by Gasteiger charge is 2.61. The summed E-state index contributed by atoms with van der Waals surface area (Å²) in [4.78, 5) is 0. The van der Waals surface area contributed by atoms with Gasteiger partial charge in [-0.05, 0) is 114 Å². The number of aromatic nitrogens is 1. The molecule has 0 unspecified atom stereocenters. The van der Waals surface area contributed by atoms with Gasteiger partial charge in [0.25, 0.3) is 0 Å². The first-order valence-corrected chi connectivity index (χ1v) is 18.8. The molecule has 2 heteroatoms. The predicted molar refractivity (Wildman–Crippen MR) is 202 cm³/mol. The SMILES string of the molecule is c1ccc2c(c1)-c1ccc(-n3c4ccccc4c4cccc(-c5cccc6sc7ccccc7c56)c43)cc1C21C2CC3CC(C2)CC1C3. The van der Waals surface area contributed by atoms with Gasteiger partial charge in [0.05, 0.1) is 11.0 Å². The fourth-order valence-electron chi connectivity index (χ4n) is 11.8. The van der Waals surface area contributed by atoms with Crippen molar-refractivity contribution in [3.8, 4) is 27.9 Å². The fraction of sp³-hybridized carbons (Fsp3) is 0.217. The molecule has 13 rings (SSSR count). The maximum Gasteiger partial charge on any atom is 0.0619 e. The van der Waals surface area contributed by atoms with Crippen molar-refractivity contribution in [1.82, 2.24) is 4.57 Å². The van der Waals surface area contributed by atoms with Gasteiger partial charge in [0.2, 0.25) is 0 Å². The maximum absolute atomic E-state index is 2.65. The molecule has 0 amide bonds. The normalized spacial score (nSPS) is 25.2. The highest BCUT2D eigenvalue weighted by Crippen LogP contribution is 2.69. The summed E-state index contributed by atoms with van der Waals surface area (Å²) in [5.74, 6) is 3.38. The van der Waals surface area contributed by atoms with Crippen LogP contribution in [-0.4, -0.2) is 4.57 Å². The Hall–Kier alpha value is -4.66. The Labute approximate surface area is 284 Å². The molecule has 0 aliphatic heterocycles. The summed E-state index contributed by atoms with van der Waals surface area (Å²) in [6.45, 7) is 0. The van der Waals surface area contributed by atoms with E-state index in [1.807, 2.05) is 11.3 Å². The molecule has 4 saturated carbocycles. The molecule has 2 heterocycles. The second-order valence-electron chi connectivity index (χ2n) is 15.3. The van der Waals surface area contributed by atoms with E-state index < -0.39 is 0 Å². The van der Waals surface area contributed by atoms with E-state index in [4.69, 9.17) is 0 Å². The van der Waals surface area contributed by atoms with Gasteiger partial charge < -0.3 is 4.57 Å². The lowest BCUT2D eigenvalue weighted by Gasteiger charge is -2.61. The lowest BCUT2D eigenvalue weighted by Crippen LogP contribution is -2.55. The molecule has 1 spiro atoms. The molecular weight excluding hydrogens is 599 g/mol. The summed E-state index contributed by atoms with van der Waals surface area (Å²) >= 11 is 1.91. The number of hydrogen-bond acceptors (Lipinski definition) is 1. The second kappa shape index (κ2) is 9.27. The van der Waals surface area contributed by atoms with Crippen LogP contribution in [-0.2, 0) is 5.41 Å². The lowest BCUT2D eigenvalue weighted by molar-refractivity contribution is -0.0399. The average molecular weight is 634 g/mol. The third kappa shape index (κ3) is 3.18. The van der Waals surface area contributed by atoms with Crippen molar-refractivity contribution in [3.05, 3.63) is 139 Å². The van der Waals surface area contributed by atoms with Gasteiger partial charge in [-0.1, -0.05) is 97.1 Å². The van der Waals surface area contributed by atoms with Gasteiger partial charge in [0.1, 0.15) is 0 Å². The highest BCUT2D eigenvalue weighted by molar-refractivity contribution is 7.25. The fourth-order valence-corrected chi connectivity index (χ4v) is 12.9. The van der Waals surface area contributed by atoms with E-state index in [0.29, 0.717) is 0 Å². The minimum absolute atomic E-state index is 0.151. The number of hydrogen-bond donors (Lipinski definition) is 0. The van der Waals surface area contributed by atoms with Crippen molar-refractivity contribution in [1.29, 1.82) is 0 Å². The Balaban J connectivity index is 1.16. The van der Waals surface area contributed by atoms with E-state index in [-0.39, 0.29) is 5.41 Å². The molecule has 230 valence electrons. The molecule has 5 aliphatic carbocycles. The highest BCUT2D eigenvalue weighted by atomic mass is 32.1. The number of nitrogens with zero attached hydrogens (tertiary/aromatic N) is 1. The van der Waals surface area contributed by atoms with E-state index in [0.717, 1.165) is 23.7 Å². The zero-order valence-electron chi connectivity index (χ0n) is 26.8. The molecule has 5 aliphatic rings. The van der Waals surface area contributed by atoms with Crippen LogP contribution < -0.4 is 0 Å². The van der Waals surface area contributed by atoms with Crippen LogP contribution >= 0.6 is 11.3 Å². The number of benzene rings is 6. The summed E-state index contributed by atoms with van der Waals surface area (Å²) in [5, 5.41) is 5.38. The van der Waals surface area contributed by atoms with E-state index in [1.165, 1.54) is 102 Å². The van der Waals surface area contributed by atoms with Gasteiger partial charge in [-0.3, -0.25) is 0 Å². The Kier molecular flexibility index (Phi) is 5.08. The Morgan fingerprint density at radius 2 is 1.15 bits per heavy atom. The molecule has 0 saturated heterocycles. The molecule has 2 aromatic heterocycles. The summed E-state index contributed by atoms with van der Waals surface area (Å²) in [6.07, 6.45) is 7.10. The lowest BCUT2D eigenvalue weighted by atomic mass is 9.43. The Bertz CT molecular complexity index is 2620. The monoisotopic (exact) mass is 633 g/mol. The van der Waals surface area contributed by atoms with E-state index in [9.17, 15) is 0 Å². The summed E-state index contributed by atoms with van der Waals surface area (Å²) in [6, 6.07) is 48.9. The van der Waals surface area contributed by atoms with Crippen LogP contribution in [0.3, 0.4) is 0 Å². The van der Waals surface area contributed by atoms with Crippen LogP contribution in [0.15, 0.2) is 127 Å². The zero-order valence-corrected chi connectivity index (χ0v) is 27.6. The molecule has 0 radical (unpaired) electrons. The second-order valence-corrected chi connectivity index (χ2v) is 16.4.